The van der Waals surface area contributed by atoms with Crippen molar-refractivity contribution in [1.82, 2.24) is 19.7 Å². The predicted octanol–water partition coefficient (Wildman–Crippen LogP) is 4.60. The molecule has 1 saturated heterocycles. The number of hydrogen-bond donors (Lipinski definition) is 2. The Balaban J connectivity index is 0.00000289. The van der Waals surface area contributed by atoms with E-state index in [4.69, 9.17) is 9.72 Å². The van der Waals surface area contributed by atoms with Gasteiger partial charge in [0.15, 0.2) is 0 Å². The van der Waals surface area contributed by atoms with Crippen LogP contribution in [0.25, 0.3) is 5.65 Å². The standard InChI is InChI=1S/C22H25F2N5O2.ClH/c1-13(2)31-18-10-20-27-17(14-6-8-25-9-7-14)12-29(20)11-15(18)22(30)28-19-5-3-4-16(26-19)21(23)24;/h3-5,10-14,21,25H,6-9H2,1-2H3,(H,26,28,30);1H. The van der Waals surface area contributed by atoms with Crippen LogP contribution in [0.3, 0.4) is 0 Å². The highest BCUT2D eigenvalue weighted by Crippen LogP contribution is 2.28. The lowest BCUT2D eigenvalue weighted by Gasteiger charge is -2.20. The summed E-state index contributed by atoms with van der Waals surface area (Å²) in [4.78, 5) is 21.5. The second-order valence-corrected chi connectivity index (χ2v) is 7.88. The summed E-state index contributed by atoms with van der Waals surface area (Å²) in [6.07, 6.45) is 2.76. The van der Waals surface area contributed by atoms with Gasteiger partial charge in [0.05, 0.1) is 17.4 Å². The van der Waals surface area contributed by atoms with Gasteiger partial charge in [0.2, 0.25) is 0 Å². The van der Waals surface area contributed by atoms with Crippen LogP contribution in [0.1, 0.15) is 60.8 Å². The second-order valence-electron chi connectivity index (χ2n) is 7.88. The molecule has 2 N–H and O–H groups in total. The van der Waals surface area contributed by atoms with Crippen molar-refractivity contribution in [2.45, 2.75) is 45.1 Å². The molecular formula is C22H26ClF2N5O2. The third kappa shape index (κ3) is 5.34. The van der Waals surface area contributed by atoms with Crippen molar-refractivity contribution in [2.75, 3.05) is 18.4 Å². The molecule has 1 aliphatic rings. The lowest BCUT2D eigenvalue weighted by molar-refractivity contribution is 0.101. The fourth-order valence-electron chi connectivity index (χ4n) is 3.70. The molecule has 4 rings (SSSR count). The van der Waals surface area contributed by atoms with Gasteiger partial charge in [0.1, 0.15) is 22.9 Å². The molecule has 1 fully saturated rings. The summed E-state index contributed by atoms with van der Waals surface area (Å²) >= 11 is 0. The first-order valence-electron chi connectivity index (χ1n) is 10.4. The number of ether oxygens (including phenoxy) is 1. The molecule has 172 valence electrons. The fourth-order valence-corrected chi connectivity index (χ4v) is 3.70. The summed E-state index contributed by atoms with van der Waals surface area (Å²) in [6, 6.07) is 5.85. The minimum atomic E-state index is -2.72. The van der Waals surface area contributed by atoms with Gasteiger partial charge in [-0.2, -0.15) is 0 Å². The molecule has 1 amide bonds. The molecule has 7 nitrogen and oxygen atoms in total. The zero-order valence-corrected chi connectivity index (χ0v) is 18.7. The molecule has 0 atom stereocenters. The number of carbonyl (C=O) groups excluding carboxylic acids is 1. The van der Waals surface area contributed by atoms with Crippen LogP contribution in [0.5, 0.6) is 5.75 Å². The maximum absolute atomic E-state index is 13.0. The first kappa shape index (κ1) is 23.9. The molecule has 10 heteroatoms. The van der Waals surface area contributed by atoms with E-state index in [1.807, 2.05) is 24.4 Å². The van der Waals surface area contributed by atoms with Gasteiger partial charge in [-0.25, -0.2) is 18.7 Å². The number of nitrogens with one attached hydrogen (secondary N) is 2. The Morgan fingerprint density at radius 1 is 1.22 bits per heavy atom. The van der Waals surface area contributed by atoms with Gasteiger partial charge >= 0.3 is 0 Å². The summed E-state index contributed by atoms with van der Waals surface area (Å²) in [6.45, 7) is 5.65. The summed E-state index contributed by atoms with van der Waals surface area (Å²) in [5.74, 6) is 0.314. The number of alkyl halides is 2. The van der Waals surface area contributed by atoms with E-state index >= 15 is 0 Å². The highest BCUT2D eigenvalue weighted by atomic mass is 35.5. The Hall–Kier alpha value is -2.78. The molecular weight excluding hydrogens is 440 g/mol. The summed E-state index contributed by atoms with van der Waals surface area (Å²) < 4.78 is 33.5. The molecule has 0 spiro atoms. The molecule has 0 aliphatic carbocycles. The van der Waals surface area contributed by atoms with Gasteiger partial charge in [-0.1, -0.05) is 6.07 Å². The molecule has 1 aliphatic heterocycles. The molecule has 32 heavy (non-hydrogen) atoms. The number of nitrogens with zero attached hydrogens (tertiary/aromatic N) is 3. The van der Waals surface area contributed by atoms with Crippen molar-refractivity contribution in [2.24, 2.45) is 0 Å². The number of rotatable bonds is 6. The van der Waals surface area contributed by atoms with Crippen molar-refractivity contribution in [1.29, 1.82) is 0 Å². The topological polar surface area (TPSA) is 80.5 Å². The number of piperidine rings is 1. The quantitative estimate of drug-likeness (QED) is 0.556. The molecule has 4 heterocycles. The van der Waals surface area contributed by atoms with Crippen molar-refractivity contribution < 1.29 is 18.3 Å². The fraction of sp³-hybridized carbons (Fsp3) is 0.409. The third-order valence-electron chi connectivity index (χ3n) is 5.17. The molecule has 3 aromatic rings. The van der Waals surface area contributed by atoms with Crippen LogP contribution in [0.2, 0.25) is 0 Å². The highest BCUT2D eigenvalue weighted by molar-refractivity contribution is 6.05. The molecule has 0 bridgehead atoms. The SMILES string of the molecule is CC(C)Oc1cc2nc(C3CCNCC3)cn2cc1C(=O)Nc1cccc(C(F)F)n1.Cl. The molecule has 0 aromatic carbocycles. The van der Waals surface area contributed by atoms with Gasteiger partial charge in [-0.05, 0) is 51.9 Å². The average Bonchev–Trinajstić information content (AvgIpc) is 3.16. The Morgan fingerprint density at radius 3 is 2.66 bits per heavy atom. The number of halogens is 3. The van der Waals surface area contributed by atoms with Crippen molar-refractivity contribution >= 4 is 29.8 Å². The summed E-state index contributed by atoms with van der Waals surface area (Å²) in [7, 11) is 0. The van der Waals surface area contributed by atoms with Crippen molar-refractivity contribution in [3.63, 3.8) is 0 Å². The van der Waals surface area contributed by atoms with E-state index in [-0.39, 0.29) is 29.9 Å². The van der Waals surface area contributed by atoms with Crippen LogP contribution in [0.4, 0.5) is 14.6 Å². The van der Waals surface area contributed by atoms with Gasteiger partial charge < -0.3 is 19.8 Å². The van der Waals surface area contributed by atoms with E-state index in [2.05, 4.69) is 15.6 Å². The lowest BCUT2D eigenvalue weighted by Crippen LogP contribution is -2.26. The number of amides is 1. The summed E-state index contributed by atoms with van der Waals surface area (Å²) in [5, 5.41) is 5.94. The molecule has 0 radical (unpaired) electrons. The van der Waals surface area contributed by atoms with E-state index in [0.717, 1.165) is 31.6 Å². The van der Waals surface area contributed by atoms with Crippen LogP contribution in [-0.2, 0) is 0 Å². The van der Waals surface area contributed by atoms with Gasteiger partial charge in [0.25, 0.3) is 12.3 Å². The Kier molecular flexibility index (Phi) is 7.63. The van der Waals surface area contributed by atoms with Crippen molar-refractivity contribution in [3.8, 4) is 5.75 Å². The Morgan fingerprint density at radius 2 is 1.97 bits per heavy atom. The van der Waals surface area contributed by atoms with E-state index < -0.39 is 18.0 Å². The minimum Gasteiger partial charge on any atom is -0.490 e. The predicted molar refractivity (Wildman–Crippen MR) is 120 cm³/mol. The maximum atomic E-state index is 13.0. The average molecular weight is 466 g/mol. The normalized spacial score (nSPS) is 14.6. The van der Waals surface area contributed by atoms with Crippen LogP contribution < -0.4 is 15.4 Å². The van der Waals surface area contributed by atoms with Gasteiger partial charge in [0, 0.05) is 24.4 Å². The molecule has 0 saturated carbocycles. The number of imidazole rings is 1. The van der Waals surface area contributed by atoms with Crippen LogP contribution >= 0.6 is 12.4 Å². The molecule has 0 unspecified atom stereocenters. The number of pyridine rings is 2. The largest absolute Gasteiger partial charge is 0.490 e. The Labute approximate surface area is 191 Å². The first-order chi connectivity index (χ1) is 14.9. The molecule has 3 aromatic heterocycles. The maximum Gasteiger partial charge on any atom is 0.280 e. The van der Waals surface area contributed by atoms with Crippen molar-refractivity contribution in [3.05, 3.63) is 53.6 Å². The monoisotopic (exact) mass is 465 g/mol. The smallest absolute Gasteiger partial charge is 0.280 e. The number of carbonyl (C=O) groups is 1. The zero-order valence-electron chi connectivity index (χ0n) is 17.8. The number of aromatic nitrogens is 3. The van der Waals surface area contributed by atoms with Crippen LogP contribution in [-0.4, -0.2) is 39.5 Å². The Bertz CT molecular complexity index is 1080. The third-order valence-corrected chi connectivity index (χ3v) is 5.17. The highest BCUT2D eigenvalue weighted by Gasteiger charge is 2.21. The van der Waals surface area contributed by atoms with Crippen LogP contribution in [0.15, 0.2) is 36.7 Å². The van der Waals surface area contributed by atoms with Gasteiger partial charge in [-0.15, -0.1) is 12.4 Å². The number of hydrogen-bond acceptors (Lipinski definition) is 5. The number of anilines is 1. The van der Waals surface area contributed by atoms with E-state index in [9.17, 15) is 13.6 Å². The zero-order chi connectivity index (χ0) is 22.0. The summed E-state index contributed by atoms with van der Waals surface area (Å²) in [5.41, 5.74) is 1.56. The lowest BCUT2D eigenvalue weighted by atomic mass is 9.95. The van der Waals surface area contributed by atoms with E-state index in [1.54, 1.807) is 12.3 Å². The van der Waals surface area contributed by atoms with Gasteiger partial charge in [-0.3, -0.25) is 4.79 Å². The first-order valence-corrected chi connectivity index (χ1v) is 10.4. The minimum absolute atomic E-state index is 0. The second kappa shape index (κ2) is 10.2. The van der Waals surface area contributed by atoms with Crippen LogP contribution in [0, 0.1) is 0 Å². The van der Waals surface area contributed by atoms with E-state index in [1.165, 1.54) is 18.2 Å². The number of fused-ring (bicyclic) bond motifs is 1. The van der Waals surface area contributed by atoms with E-state index in [0.29, 0.717) is 17.3 Å².